The normalized spacial score (nSPS) is 17.1. The van der Waals surface area contributed by atoms with Crippen LogP contribution in [0.5, 0.6) is 0 Å². The fourth-order valence-electron chi connectivity index (χ4n) is 3.84. The molecule has 0 saturated carbocycles. The predicted molar refractivity (Wildman–Crippen MR) is 97.6 cm³/mol. The van der Waals surface area contributed by atoms with Gasteiger partial charge in [-0.05, 0) is 18.9 Å². The molecule has 2 aliphatic heterocycles. The molecule has 0 aromatic carbocycles. The molecule has 0 aliphatic carbocycles. The number of Topliss-reactive ketones (excluding diaryl/α,β-unsaturated/α-hetero) is 1. The van der Waals surface area contributed by atoms with Gasteiger partial charge in [0, 0.05) is 37.1 Å². The molecule has 2 aliphatic rings. The minimum Gasteiger partial charge on any atom is -0.381 e. The third-order valence-corrected chi connectivity index (χ3v) is 5.45. The number of H-pyrrole nitrogens is 1. The Balaban J connectivity index is 1.33. The van der Waals surface area contributed by atoms with Crippen molar-refractivity contribution in [2.75, 3.05) is 24.7 Å². The number of ether oxygens (including phenoxy) is 1. The molecule has 0 radical (unpaired) electrons. The Hall–Kier alpha value is -2.74. The standard InChI is InChI=1S/C19H21N5O3/c25-15(3-1-2-12-9-26-10-12)17-14-8-24(7-5-16(14)27-23-17)19-13-4-6-20-18(13)21-11-22-19/h4,6,11-12H,1-3,5,7-10H2,(H,20,21,22). The second kappa shape index (κ2) is 6.77. The summed E-state index contributed by atoms with van der Waals surface area (Å²) in [5.41, 5.74) is 2.20. The summed E-state index contributed by atoms with van der Waals surface area (Å²) in [6.45, 7) is 3.01. The summed E-state index contributed by atoms with van der Waals surface area (Å²) in [4.78, 5) is 26.7. The molecule has 8 heteroatoms. The average Bonchev–Trinajstić information content (AvgIpc) is 3.29. The Morgan fingerprint density at radius 2 is 2.26 bits per heavy atom. The number of hydrogen-bond donors (Lipinski definition) is 1. The van der Waals surface area contributed by atoms with E-state index in [0.29, 0.717) is 31.0 Å². The van der Waals surface area contributed by atoms with Gasteiger partial charge >= 0.3 is 0 Å². The summed E-state index contributed by atoms with van der Waals surface area (Å²) < 4.78 is 10.7. The van der Waals surface area contributed by atoms with Gasteiger partial charge in [-0.1, -0.05) is 5.16 Å². The highest BCUT2D eigenvalue weighted by Gasteiger charge is 2.29. The third-order valence-electron chi connectivity index (χ3n) is 5.45. The molecule has 1 saturated heterocycles. The summed E-state index contributed by atoms with van der Waals surface area (Å²) in [5, 5.41) is 5.07. The van der Waals surface area contributed by atoms with Gasteiger partial charge in [0.05, 0.1) is 25.1 Å². The smallest absolute Gasteiger partial charge is 0.185 e. The van der Waals surface area contributed by atoms with Crippen molar-refractivity contribution < 1.29 is 14.1 Å². The molecular formula is C19H21N5O3. The third kappa shape index (κ3) is 2.99. The molecule has 5 rings (SSSR count). The van der Waals surface area contributed by atoms with Crippen molar-refractivity contribution in [2.24, 2.45) is 5.92 Å². The highest BCUT2D eigenvalue weighted by molar-refractivity contribution is 5.96. The van der Waals surface area contributed by atoms with Crippen LogP contribution in [-0.4, -0.2) is 45.7 Å². The van der Waals surface area contributed by atoms with Crippen LogP contribution in [0.2, 0.25) is 0 Å². The van der Waals surface area contributed by atoms with Crippen LogP contribution in [0.4, 0.5) is 5.82 Å². The van der Waals surface area contributed by atoms with Gasteiger partial charge in [-0.25, -0.2) is 9.97 Å². The fourth-order valence-corrected chi connectivity index (χ4v) is 3.84. The van der Waals surface area contributed by atoms with E-state index in [1.165, 1.54) is 0 Å². The highest BCUT2D eigenvalue weighted by atomic mass is 16.5. The molecule has 5 heterocycles. The second-order valence-electron chi connectivity index (χ2n) is 7.26. The van der Waals surface area contributed by atoms with Gasteiger partial charge in [0.2, 0.25) is 0 Å². The number of nitrogens with one attached hydrogen (secondary N) is 1. The van der Waals surface area contributed by atoms with Crippen LogP contribution in [0, 0.1) is 5.92 Å². The minimum absolute atomic E-state index is 0.0663. The Kier molecular flexibility index (Phi) is 4.12. The van der Waals surface area contributed by atoms with E-state index < -0.39 is 0 Å². The van der Waals surface area contributed by atoms with Crippen LogP contribution >= 0.6 is 0 Å². The van der Waals surface area contributed by atoms with Gasteiger partial charge < -0.3 is 19.1 Å². The Morgan fingerprint density at radius 1 is 1.33 bits per heavy atom. The number of aromatic amines is 1. The number of nitrogens with zero attached hydrogens (tertiary/aromatic N) is 4. The Morgan fingerprint density at radius 3 is 3.11 bits per heavy atom. The first-order valence-corrected chi connectivity index (χ1v) is 9.41. The Labute approximate surface area is 155 Å². The van der Waals surface area contributed by atoms with E-state index in [4.69, 9.17) is 9.26 Å². The number of aromatic nitrogens is 4. The maximum Gasteiger partial charge on any atom is 0.185 e. The number of carbonyl (C=O) groups excluding carboxylic acids is 1. The van der Waals surface area contributed by atoms with Crippen LogP contribution in [-0.2, 0) is 17.7 Å². The Bertz CT molecular complexity index is 975. The number of ketones is 1. The molecular weight excluding hydrogens is 346 g/mol. The van der Waals surface area contributed by atoms with E-state index in [1.54, 1.807) is 6.33 Å². The lowest BCUT2D eigenvalue weighted by Crippen LogP contribution is -2.31. The summed E-state index contributed by atoms with van der Waals surface area (Å²) in [6, 6.07) is 1.98. The van der Waals surface area contributed by atoms with Gasteiger partial charge in [-0.2, -0.15) is 0 Å². The first-order chi connectivity index (χ1) is 13.3. The number of fused-ring (bicyclic) bond motifs is 2. The zero-order valence-corrected chi connectivity index (χ0v) is 15.0. The largest absolute Gasteiger partial charge is 0.381 e. The summed E-state index contributed by atoms with van der Waals surface area (Å²) in [7, 11) is 0. The van der Waals surface area contributed by atoms with E-state index in [0.717, 1.165) is 60.8 Å². The van der Waals surface area contributed by atoms with Crippen molar-refractivity contribution in [3.8, 4) is 0 Å². The first-order valence-electron chi connectivity index (χ1n) is 9.41. The van der Waals surface area contributed by atoms with Crippen molar-refractivity contribution in [3.63, 3.8) is 0 Å². The maximum absolute atomic E-state index is 12.7. The molecule has 3 aromatic rings. The van der Waals surface area contributed by atoms with Gasteiger partial charge in [0.1, 0.15) is 23.6 Å². The fraction of sp³-hybridized carbons (Fsp3) is 0.474. The summed E-state index contributed by atoms with van der Waals surface area (Å²) >= 11 is 0. The zero-order chi connectivity index (χ0) is 18.2. The van der Waals surface area contributed by atoms with E-state index in [1.807, 2.05) is 12.3 Å². The predicted octanol–water partition coefficient (Wildman–Crippen LogP) is 2.51. The lowest BCUT2D eigenvalue weighted by molar-refractivity contribution is -0.0362. The monoisotopic (exact) mass is 367 g/mol. The van der Waals surface area contributed by atoms with E-state index in [9.17, 15) is 4.79 Å². The molecule has 0 spiro atoms. The zero-order valence-electron chi connectivity index (χ0n) is 15.0. The molecule has 0 atom stereocenters. The topological polar surface area (TPSA) is 97.1 Å². The van der Waals surface area contributed by atoms with Crippen molar-refractivity contribution >= 4 is 22.6 Å². The van der Waals surface area contributed by atoms with E-state index >= 15 is 0 Å². The van der Waals surface area contributed by atoms with Crippen LogP contribution < -0.4 is 4.90 Å². The minimum atomic E-state index is 0.0663. The number of rotatable bonds is 6. The number of hydrogen-bond acceptors (Lipinski definition) is 7. The van der Waals surface area contributed by atoms with Crippen molar-refractivity contribution in [1.29, 1.82) is 0 Å². The highest BCUT2D eigenvalue weighted by Crippen LogP contribution is 2.30. The van der Waals surface area contributed by atoms with Crippen molar-refractivity contribution in [3.05, 3.63) is 35.6 Å². The second-order valence-corrected chi connectivity index (χ2v) is 7.26. The quantitative estimate of drug-likeness (QED) is 0.669. The lowest BCUT2D eigenvalue weighted by atomic mass is 9.97. The van der Waals surface area contributed by atoms with Crippen LogP contribution in [0.25, 0.3) is 11.0 Å². The summed E-state index contributed by atoms with van der Waals surface area (Å²) in [5.74, 6) is 2.37. The number of anilines is 1. The molecule has 1 N–H and O–H groups in total. The van der Waals surface area contributed by atoms with Crippen LogP contribution in [0.1, 0.15) is 41.1 Å². The van der Waals surface area contributed by atoms with Crippen LogP contribution in [0.3, 0.4) is 0 Å². The van der Waals surface area contributed by atoms with E-state index in [-0.39, 0.29) is 5.78 Å². The molecule has 27 heavy (non-hydrogen) atoms. The SMILES string of the molecule is O=C(CCCC1COC1)c1noc2c1CN(c1ncnc3[nH]ccc13)CC2. The van der Waals surface area contributed by atoms with Crippen LogP contribution in [0.15, 0.2) is 23.1 Å². The molecule has 1 fully saturated rings. The van der Waals surface area contributed by atoms with Gasteiger partial charge in [0.25, 0.3) is 0 Å². The average molecular weight is 367 g/mol. The first kappa shape index (κ1) is 16.4. The molecule has 140 valence electrons. The van der Waals surface area contributed by atoms with Gasteiger partial charge in [0.15, 0.2) is 11.5 Å². The molecule has 0 bridgehead atoms. The number of carbonyl (C=O) groups is 1. The molecule has 0 unspecified atom stereocenters. The van der Waals surface area contributed by atoms with Crippen molar-refractivity contribution in [2.45, 2.75) is 32.2 Å². The lowest BCUT2D eigenvalue weighted by Gasteiger charge is -2.27. The van der Waals surface area contributed by atoms with Gasteiger partial charge in [-0.15, -0.1) is 0 Å². The molecule has 0 amide bonds. The van der Waals surface area contributed by atoms with Gasteiger partial charge in [-0.3, -0.25) is 4.79 Å². The van der Waals surface area contributed by atoms with E-state index in [2.05, 4.69) is 25.0 Å². The maximum atomic E-state index is 12.7. The molecule has 8 nitrogen and oxygen atoms in total. The summed E-state index contributed by atoms with van der Waals surface area (Å²) in [6.07, 6.45) is 6.54. The molecule has 3 aromatic heterocycles. The van der Waals surface area contributed by atoms with Crippen molar-refractivity contribution in [1.82, 2.24) is 20.1 Å².